The molecule has 0 radical (unpaired) electrons. The first kappa shape index (κ1) is 27.2. The molecule has 4 heteroatoms. The average Bonchev–Trinajstić information content (AvgIpc) is 3.68. The molecule has 0 saturated carbocycles. The lowest BCUT2D eigenvalue weighted by atomic mass is 10.1. The maximum atomic E-state index is 7.67. The van der Waals surface area contributed by atoms with Gasteiger partial charge in [-0.2, -0.15) is 0 Å². The maximum Gasteiger partial charge on any atom is 0.189 e. The van der Waals surface area contributed by atoms with Crippen molar-refractivity contribution in [1.29, 1.82) is 0 Å². The van der Waals surface area contributed by atoms with E-state index in [2.05, 4.69) is 167 Å². The SMILES string of the molecule is [C-]#[N+]c1ccc2c3ccccc3n(-c3ccc4oc5ccc([Si](c6ccccc6)(c6ccccc6)c6ccccc6)cc5c4c3)c2c1. The molecule has 2 heterocycles. The molecule has 0 aliphatic rings. The predicted molar refractivity (Wildman–Crippen MR) is 198 cm³/mol. The van der Waals surface area contributed by atoms with E-state index in [0.29, 0.717) is 5.69 Å². The zero-order chi connectivity index (χ0) is 31.4. The molecule has 0 bridgehead atoms. The van der Waals surface area contributed by atoms with Crippen LogP contribution in [-0.4, -0.2) is 12.6 Å². The molecule has 0 N–H and O–H groups in total. The van der Waals surface area contributed by atoms with Gasteiger partial charge < -0.3 is 8.98 Å². The summed E-state index contributed by atoms with van der Waals surface area (Å²) in [6.07, 6.45) is 0. The fraction of sp³-hybridized carbons (Fsp3) is 0. The van der Waals surface area contributed by atoms with Crippen molar-refractivity contribution >= 4 is 78.3 Å². The molecule has 0 spiro atoms. The Kier molecular flexibility index (Phi) is 6.21. The fourth-order valence-corrected chi connectivity index (χ4v) is 12.3. The highest BCUT2D eigenvalue weighted by Crippen LogP contribution is 2.36. The van der Waals surface area contributed by atoms with Crippen molar-refractivity contribution < 1.29 is 4.42 Å². The third kappa shape index (κ3) is 4.11. The van der Waals surface area contributed by atoms with E-state index in [-0.39, 0.29) is 0 Å². The standard InChI is InChI=1S/C43H28N2OSi/c1-44-30-21-24-37-36-19-11-12-20-40(36)45(41(37)27-30)31-22-25-42-38(28-31)39-29-35(23-26-43(39)46-42)47(32-13-5-2-6-14-32,33-15-7-3-8-16-33)34-17-9-4-10-18-34/h2-29H. The van der Waals surface area contributed by atoms with Crippen molar-refractivity contribution in [2.75, 3.05) is 0 Å². The van der Waals surface area contributed by atoms with Crippen LogP contribution >= 0.6 is 0 Å². The van der Waals surface area contributed by atoms with Crippen LogP contribution < -0.4 is 20.7 Å². The van der Waals surface area contributed by atoms with E-state index in [4.69, 9.17) is 11.0 Å². The molecular formula is C43H28N2OSi. The summed E-state index contributed by atoms with van der Waals surface area (Å²) in [5, 5.41) is 9.80. The Morgan fingerprint density at radius 1 is 0.447 bits per heavy atom. The molecular weight excluding hydrogens is 589 g/mol. The van der Waals surface area contributed by atoms with Gasteiger partial charge in [-0.15, -0.1) is 0 Å². The molecule has 9 rings (SSSR count). The second-order valence-electron chi connectivity index (χ2n) is 12.0. The molecule has 0 unspecified atom stereocenters. The lowest BCUT2D eigenvalue weighted by Gasteiger charge is -2.34. The Labute approximate surface area is 273 Å². The van der Waals surface area contributed by atoms with E-state index in [0.717, 1.165) is 44.0 Å². The van der Waals surface area contributed by atoms with Crippen molar-refractivity contribution in [1.82, 2.24) is 4.57 Å². The maximum absolute atomic E-state index is 7.67. The number of hydrogen-bond acceptors (Lipinski definition) is 1. The summed E-state index contributed by atoms with van der Waals surface area (Å²) in [4.78, 5) is 3.74. The number of benzene rings is 7. The highest BCUT2D eigenvalue weighted by molar-refractivity contribution is 7.20. The lowest BCUT2D eigenvalue weighted by molar-refractivity contribution is 0.669. The Morgan fingerprint density at radius 2 is 1.00 bits per heavy atom. The minimum atomic E-state index is -2.70. The van der Waals surface area contributed by atoms with Crippen LogP contribution in [0.4, 0.5) is 5.69 Å². The first-order chi connectivity index (χ1) is 23.3. The summed E-state index contributed by atoms with van der Waals surface area (Å²) in [5.74, 6) is 0. The van der Waals surface area contributed by atoms with Gasteiger partial charge in [0.2, 0.25) is 0 Å². The molecule has 0 fully saturated rings. The molecule has 0 amide bonds. The van der Waals surface area contributed by atoms with Gasteiger partial charge in [0.25, 0.3) is 0 Å². The zero-order valence-electron chi connectivity index (χ0n) is 25.5. The number of hydrogen-bond donors (Lipinski definition) is 0. The summed E-state index contributed by atoms with van der Waals surface area (Å²) < 4.78 is 8.76. The van der Waals surface area contributed by atoms with Crippen LogP contribution in [0, 0.1) is 6.57 Å². The van der Waals surface area contributed by atoms with Gasteiger partial charge in [0.1, 0.15) is 11.2 Å². The molecule has 47 heavy (non-hydrogen) atoms. The largest absolute Gasteiger partial charge is 0.456 e. The number of rotatable bonds is 5. The van der Waals surface area contributed by atoms with Crippen molar-refractivity contribution in [3.05, 3.63) is 181 Å². The van der Waals surface area contributed by atoms with Gasteiger partial charge in [-0.25, -0.2) is 4.85 Å². The monoisotopic (exact) mass is 616 g/mol. The van der Waals surface area contributed by atoms with Crippen LogP contribution in [0.2, 0.25) is 0 Å². The second-order valence-corrected chi connectivity index (χ2v) is 15.8. The van der Waals surface area contributed by atoms with Crippen LogP contribution in [0.1, 0.15) is 0 Å². The number of aromatic nitrogens is 1. The minimum absolute atomic E-state index is 0.630. The first-order valence-corrected chi connectivity index (χ1v) is 17.8. The number of furan rings is 1. The Balaban J connectivity index is 1.34. The molecule has 3 nitrogen and oxygen atoms in total. The molecule has 7 aromatic carbocycles. The third-order valence-electron chi connectivity index (χ3n) is 9.55. The van der Waals surface area contributed by atoms with Crippen molar-refractivity contribution in [2.24, 2.45) is 0 Å². The molecule has 0 aliphatic carbocycles. The second kappa shape index (κ2) is 10.7. The summed E-state index contributed by atoms with van der Waals surface area (Å²) in [5.41, 5.74) is 5.53. The summed E-state index contributed by atoms with van der Waals surface area (Å²) in [7, 11) is -2.70. The van der Waals surface area contributed by atoms with Crippen LogP contribution in [0.5, 0.6) is 0 Å². The van der Waals surface area contributed by atoms with Gasteiger partial charge in [-0.05, 0) is 57.1 Å². The Morgan fingerprint density at radius 3 is 1.64 bits per heavy atom. The van der Waals surface area contributed by atoms with Gasteiger partial charge in [0.15, 0.2) is 13.8 Å². The molecule has 220 valence electrons. The summed E-state index contributed by atoms with van der Waals surface area (Å²) in [6.45, 7) is 7.67. The smallest absolute Gasteiger partial charge is 0.189 e. The van der Waals surface area contributed by atoms with E-state index in [1.807, 2.05) is 12.1 Å². The Hall–Kier alpha value is -6.15. The van der Waals surface area contributed by atoms with E-state index in [9.17, 15) is 0 Å². The number of para-hydroxylation sites is 1. The molecule has 0 saturated heterocycles. The number of fused-ring (bicyclic) bond motifs is 6. The van der Waals surface area contributed by atoms with Crippen LogP contribution in [0.15, 0.2) is 174 Å². The minimum Gasteiger partial charge on any atom is -0.456 e. The van der Waals surface area contributed by atoms with Crippen LogP contribution in [0.3, 0.4) is 0 Å². The third-order valence-corrected chi connectivity index (χ3v) is 14.3. The topological polar surface area (TPSA) is 22.4 Å². The van der Waals surface area contributed by atoms with Gasteiger partial charge >= 0.3 is 0 Å². The van der Waals surface area contributed by atoms with E-state index in [1.165, 1.54) is 26.1 Å². The van der Waals surface area contributed by atoms with E-state index < -0.39 is 8.07 Å². The molecule has 0 aliphatic heterocycles. The highest BCUT2D eigenvalue weighted by Gasteiger charge is 2.41. The fourth-order valence-electron chi connectivity index (χ4n) is 7.51. The normalized spacial score (nSPS) is 11.8. The van der Waals surface area contributed by atoms with Gasteiger partial charge in [0, 0.05) is 32.7 Å². The molecule has 0 atom stereocenters. The number of nitrogens with zero attached hydrogens (tertiary/aromatic N) is 2. The van der Waals surface area contributed by atoms with Gasteiger partial charge in [-0.3, -0.25) is 0 Å². The quantitative estimate of drug-likeness (QED) is 0.108. The zero-order valence-corrected chi connectivity index (χ0v) is 26.5. The van der Waals surface area contributed by atoms with Crippen LogP contribution in [0.25, 0.3) is 54.3 Å². The van der Waals surface area contributed by atoms with Crippen molar-refractivity contribution in [3.8, 4) is 5.69 Å². The van der Waals surface area contributed by atoms with Crippen LogP contribution in [-0.2, 0) is 0 Å². The average molecular weight is 617 g/mol. The Bertz CT molecular complexity index is 2530. The van der Waals surface area contributed by atoms with Crippen molar-refractivity contribution in [3.63, 3.8) is 0 Å². The highest BCUT2D eigenvalue weighted by atomic mass is 28.3. The first-order valence-electron chi connectivity index (χ1n) is 15.8. The van der Waals surface area contributed by atoms with E-state index >= 15 is 0 Å². The van der Waals surface area contributed by atoms with Gasteiger partial charge in [-0.1, -0.05) is 133 Å². The summed E-state index contributed by atoms with van der Waals surface area (Å²) in [6, 6.07) is 60.7. The molecule has 9 aromatic rings. The summed E-state index contributed by atoms with van der Waals surface area (Å²) >= 11 is 0. The molecule has 2 aromatic heterocycles. The van der Waals surface area contributed by atoms with E-state index in [1.54, 1.807) is 0 Å². The van der Waals surface area contributed by atoms with Gasteiger partial charge in [0.05, 0.1) is 12.1 Å². The predicted octanol–water partition coefficient (Wildman–Crippen LogP) is 8.61. The van der Waals surface area contributed by atoms with Crippen molar-refractivity contribution in [2.45, 2.75) is 0 Å². The lowest BCUT2D eigenvalue weighted by Crippen LogP contribution is -2.74.